The molecule has 0 aliphatic heterocycles. The predicted molar refractivity (Wildman–Crippen MR) is 152 cm³/mol. The number of aromatic nitrogens is 1. The number of amides is 5. The number of anilines is 4. The number of rotatable bonds is 8. The Hall–Kier alpha value is -5.80. The van der Waals surface area contributed by atoms with Crippen LogP contribution in [-0.2, 0) is 12.1 Å². The van der Waals surface area contributed by atoms with Crippen molar-refractivity contribution in [1.29, 1.82) is 0 Å². The van der Waals surface area contributed by atoms with E-state index in [1.807, 2.05) is 5.32 Å². The van der Waals surface area contributed by atoms with Crippen LogP contribution in [0.15, 0.2) is 79.5 Å². The van der Waals surface area contributed by atoms with Gasteiger partial charge in [0.1, 0.15) is 17.3 Å². The van der Waals surface area contributed by atoms with Crippen LogP contribution in [0.3, 0.4) is 0 Å². The number of nitrogens with two attached hydrogens (primary N) is 1. The van der Waals surface area contributed by atoms with Gasteiger partial charge in [0, 0.05) is 23.0 Å². The lowest BCUT2D eigenvalue weighted by molar-refractivity contribution is -0.137. The van der Waals surface area contributed by atoms with Gasteiger partial charge >= 0.3 is 18.2 Å². The van der Waals surface area contributed by atoms with E-state index in [0.29, 0.717) is 24.3 Å². The van der Waals surface area contributed by atoms with Gasteiger partial charge in [-0.25, -0.2) is 18.4 Å². The van der Waals surface area contributed by atoms with Gasteiger partial charge in [0.25, 0.3) is 11.8 Å². The Morgan fingerprint density at radius 1 is 0.733 bits per heavy atom. The molecule has 16 heteroatoms. The van der Waals surface area contributed by atoms with E-state index in [0.717, 1.165) is 24.4 Å². The lowest BCUT2D eigenvalue weighted by atomic mass is 10.0. The smallest absolute Gasteiger partial charge is 0.364 e. The number of alkyl halides is 5. The van der Waals surface area contributed by atoms with E-state index in [-0.39, 0.29) is 28.2 Å². The second-order valence-corrected chi connectivity index (χ2v) is 9.27. The van der Waals surface area contributed by atoms with Crippen LogP contribution in [0.25, 0.3) is 11.1 Å². The quantitative estimate of drug-likeness (QED) is 0.0876. The van der Waals surface area contributed by atoms with E-state index in [1.54, 1.807) is 0 Å². The molecule has 0 saturated heterocycles. The first-order valence-electron chi connectivity index (χ1n) is 12.5. The summed E-state index contributed by atoms with van der Waals surface area (Å²) in [5.41, 5.74) is 2.51. The van der Waals surface area contributed by atoms with Crippen LogP contribution < -0.4 is 27.0 Å². The summed E-state index contributed by atoms with van der Waals surface area (Å²) < 4.78 is 95.1. The van der Waals surface area contributed by atoms with Crippen molar-refractivity contribution in [3.05, 3.63) is 108 Å². The van der Waals surface area contributed by atoms with Gasteiger partial charge in [-0.2, -0.15) is 22.0 Å². The molecular formula is C29H21F7N6O3. The van der Waals surface area contributed by atoms with Crippen molar-refractivity contribution in [2.75, 3.05) is 21.3 Å². The Kier molecular flexibility index (Phi) is 8.88. The molecule has 7 N–H and O–H groups in total. The summed E-state index contributed by atoms with van der Waals surface area (Å²) in [6.45, 7) is 3.03. The maximum absolute atomic E-state index is 14.2. The highest BCUT2D eigenvalue weighted by Gasteiger charge is 2.31. The Morgan fingerprint density at radius 2 is 1.24 bits per heavy atom. The van der Waals surface area contributed by atoms with Crippen LogP contribution in [0.5, 0.6) is 0 Å². The second-order valence-electron chi connectivity index (χ2n) is 9.27. The topological polar surface area (TPSA) is 141 Å². The summed E-state index contributed by atoms with van der Waals surface area (Å²) in [5.74, 6) is -6.53. The number of aromatic amines is 1. The molecule has 0 atom stereocenters. The second kappa shape index (κ2) is 12.4. The molecule has 0 saturated carbocycles. The fraction of sp³-hybridized carbons (Fsp3) is 0.0690. The monoisotopic (exact) mass is 634 g/mol. The predicted octanol–water partition coefficient (Wildman–Crippen LogP) is 7.64. The Balaban J connectivity index is 1.51. The van der Waals surface area contributed by atoms with Crippen molar-refractivity contribution in [1.82, 2.24) is 4.98 Å². The SMILES string of the molecule is C=CC(F)(F)c1ccc(F)c(NC(=O)Nc2ccc(-c3c(NC(=O)Nc4cc(C(F)(F)F)ccc4F)c[nH]c3C(N)=O)cc2)c1. The van der Waals surface area contributed by atoms with Crippen LogP contribution in [0, 0.1) is 11.6 Å². The summed E-state index contributed by atoms with van der Waals surface area (Å²) in [6.07, 6.45) is -3.27. The molecular weight excluding hydrogens is 613 g/mol. The van der Waals surface area contributed by atoms with Gasteiger partial charge in [-0.1, -0.05) is 18.7 Å². The number of hydrogen-bond acceptors (Lipinski definition) is 3. The summed E-state index contributed by atoms with van der Waals surface area (Å²) in [4.78, 5) is 39.6. The number of primary amides is 1. The highest BCUT2D eigenvalue weighted by Crippen LogP contribution is 2.35. The lowest BCUT2D eigenvalue weighted by Gasteiger charge is -2.15. The molecule has 4 rings (SSSR count). The zero-order valence-corrected chi connectivity index (χ0v) is 22.6. The van der Waals surface area contributed by atoms with E-state index in [9.17, 15) is 45.1 Å². The summed E-state index contributed by atoms with van der Waals surface area (Å²) in [5, 5.41) is 8.78. The maximum Gasteiger partial charge on any atom is 0.416 e. The van der Waals surface area contributed by atoms with Gasteiger partial charge in [-0.05, 0) is 60.2 Å². The first-order chi connectivity index (χ1) is 21.1. The average molecular weight is 635 g/mol. The Labute approximate surface area is 249 Å². The van der Waals surface area contributed by atoms with Crippen LogP contribution in [-0.4, -0.2) is 23.0 Å². The van der Waals surface area contributed by atoms with Crippen molar-refractivity contribution in [3.8, 4) is 11.1 Å². The third kappa shape index (κ3) is 7.41. The molecule has 4 aromatic rings. The normalized spacial score (nSPS) is 11.4. The van der Waals surface area contributed by atoms with Crippen LogP contribution >= 0.6 is 0 Å². The number of carbonyl (C=O) groups is 3. The first-order valence-corrected chi connectivity index (χ1v) is 12.5. The third-order valence-corrected chi connectivity index (χ3v) is 6.20. The summed E-state index contributed by atoms with van der Waals surface area (Å²) in [6, 6.07) is 7.11. The zero-order chi connectivity index (χ0) is 33.1. The maximum atomic E-state index is 14.2. The number of urea groups is 2. The Bertz CT molecular complexity index is 1790. The molecule has 45 heavy (non-hydrogen) atoms. The van der Waals surface area contributed by atoms with E-state index >= 15 is 0 Å². The minimum Gasteiger partial charge on any atom is -0.364 e. The molecule has 1 heterocycles. The van der Waals surface area contributed by atoms with Crippen molar-refractivity contribution in [2.45, 2.75) is 12.1 Å². The van der Waals surface area contributed by atoms with Gasteiger partial charge in [-0.3, -0.25) is 4.79 Å². The largest absolute Gasteiger partial charge is 0.416 e. The zero-order valence-electron chi connectivity index (χ0n) is 22.6. The van der Waals surface area contributed by atoms with Gasteiger partial charge in [0.2, 0.25) is 0 Å². The standard InChI is InChI=1S/C29H21F7N6O3/c1-2-28(32,33)15-5-9-18(30)20(11-15)40-26(44)39-17-7-3-14(4-8-17)23-22(13-38-24(23)25(37)43)42-27(45)41-21-12-16(29(34,35)36)6-10-19(21)31/h2-13,38H,1H2,(H2,37,43)(H2,39,40,44)(H2,41,42,45). The van der Waals surface area contributed by atoms with E-state index < -0.39 is 64.2 Å². The molecule has 0 spiro atoms. The van der Waals surface area contributed by atoms with Gasteiger partial charge in [0.05, 0.1) is 22.6 Å². The number of benzene rings is 3. The molecule has 5 amide bonds. The van der Waals surface area contributed by atoms with Gasteiger partial charge in [-0.15, -0.1) is 0 Å². The molecule has 9 nitrogen and oxygen atoms in total. The molecule has 234 valence electrons. The Morgan fingerprint density at radius 3 is 1.78 bits per heavy atom. The molecule has 3 aromatic carbocycles. The fourth-order valence-corrected chi connectivity index (χ4v) is 4.04. The van der Waals surface area contributed by atoms with Crippen molar-refractivity contribution < 1.29 is 45.1 Å². The van der Waals surface area contributed by atoms with Crippen molar-refractivity contribution >= 4 is 40.7 Å². The average Bonchev–Trinajstić information content (AvgIpc) is 3.38. The number of halogens is 7. The minimum atomic E-state index is -4.79. The number of hydrogen-bond donors (Lipinski definition) is 6. The highest BCUT2D eigenvalue weighted by molar-refractivity contribution is 6.07. The van der Waals surface area contributed by atoms with Crippen molar-refractivity contribution in [3.63, 3.8) is 0 Å². The van der Waals surface area contributed by atoms with Gasteiger partial charge in [0.15, 0.2) is 0 Å². The van der Waals surface area contributed by atoms with E-state index in [2.05, 4.69) is 27.5 Å². The number of allylic oxidation sites excluding steroid dienone is 1. The molecule has 0 unspecified atom stereocenters. The molecule has 1 aromatic heterocycles. The van der Waals surface area contributed by atoms with Crippen LogP contribution in [0.2, 0.25) is 0 Å². The molecule has 0 bridgehead atoms. The summed E-state index contributed by atoms with van der Waals surface area (Å²) in [7, 11) is 0. The van der Waals surface area contributed by atoms with Crippen LogP contribution in [0.4, 0.5) is 63.1 Å². The van der Waals surface area contributed by atoms with Crippen LogP contribution in [0.1, 0.15) is 21.6 Å². The molecule has 0 aliphatic carbocycles. The van der Waals surface area contributed by atoms with E-state index in [4.69, 9.17) is 5.73 Å². The first kappa shape index (κ1) is 32.1. The van der Waals surface area contributed by atoms with Crippen molar-refractivity contribution in [2.24, 2.45) is 5.73 Å². The number of carbonyl (C=O) groups excluding carboxylic acids is 3. The fourth-order valence-electron chi connectivity index (χ4n) is 4.04. The summed E-state index contributed by atoms with van der Waals surface area (Å²) >= 11 is 0. The highest BCUT2D eigenvalue weighted by atomic mass is 19.4. The third-order valence-electron chi connectivity index (χ3n) is 6.20. The van der Waals surface area contributed by atoms with Gasteiger partial charge < -0.3 is 32.0 Å². The molecule has 0 radical (unpaired) electrons. The number of nitrogens with one attached hydrogen (secondary N) is 5. The minimum absolute atomic E-state index is 0.0419. The van der Waals surface area contributed by atoms with E-state index in [1.165, 1.54) is 24.3 Å². The molecule has 0 aliphatic rings. The molecule has 0 fully saturated rings. The number of H-pyrrole nitrogens is 1. The lowest BCUT2D eigenvalue weighted by Crippen LogP contribution is -2.21.